The van der Waals surface area contributed by atoms with E-state index in [1.54, 1.807) is 6.92 Å². The van der Waals surface area contributed by atoms with E-state index in [2.05, 4.69) is 10.3 Å². The molecular weight excluding hydrogens is 364 g/mol. The van der Waals surface area contributed by atoms with E-state index in [1.807, 2.05) is 0 Å². The lowest BCUT2D eigenvalue weighted by Gasteiger charge is -2.09. The Morgan fingerprint density at radius 2 is 2.04 bits per heavy atom. The van der Waals surface area contributed by atoms with E-state index >= 15 is 0 Å². The summed E-state index contributed by atoms with van der Waals surface area (Å²) in [5, 5.41) is 3.92. The molecule has 25 heavy (non-hydrogen) atoms. The summed E-state index contributed by atoms with van der Waals surface area (Å²) in [5.41, 5.74) is -1.54. The molecule has 10 heteroatoms. The molecule has 1 N–H and O–H groups in total. The van der Waals surface area contributed by atoms with E-state index in [9.17, 15) is 27.2 Å². The van der Waals surface area contributed by atoms with Crippen LogP contribution in [-0.4, -0.2) is 23.5 Å². The average Bonchev–Trinajstić information content (AvgIpc) is 2.93. The van der Waals surface area contributed by atoms with Crippen LogP contribution in [0.15, 0.2) is 23.6 Å². The van der Waals surface area contributed by atoms with Crippen LogP contribution in [0.4, 0.5) is 22.7 Å². The van der Waals surface area contributed by atoms with Gasteiger partial charge in [0.1, 0.15) is 5.82 Å². The number of nitrogens with one attached hydrogen (secondary N) is 1. The second-order valence-electron chi connectivity index (χ2n) is 4.77. The monoisotopic (exact) mass is 376 g/mol. The number of nitrogens with zero attached hydrogens (tertiary/aromatic N) is 1. The topological polar surface area (TPSA) is 68.3 Å². The van der Waals surface area contributed by atoms with Gasteiger partial charge < -0.3 is 4.74 Å². The van der Waals surface area contributed by atoms with Gasteiger partial charge in [-0.3, -0.25) is 14.9 Å². The fourth-order valence-electron chi connectivity index (χ4n) is 1.86. The van der Waals surface area contributed by atoms with Gasteiger partial charge in [-0.05, 0) is 25.1 Å². The molecule has 0 radical (unpaired) electrons. The fraction of sp³-hybridized carbons (Fsp3) is 0.267. The molecule has 134 valence electrons. The first-order valence-corrected chi connectivity index (χ1v) is 7.86. The highest BCUT2D eigenvalue weighted by Crippen LogP contribution is 2.32. The first kappa shape index (κ1) is 18.8. The molecule has 1 aromatic heterocycles. The van der Waals surface area contributed by atoms with Gasteiger partial charge in [0.25, 0.3) is 5.91 Å². The number of benzene rings is 1. The summed E-state index contributed by atoms with van der Waals surface area (Å²) in [6.45, 7) is 1.88. The summed E-state index contributed by atoms with van der Waals surface area (Å²) in [7, 11) is 0. The first-order chi connectivity index (χ1) is 11.7. The maximum absolute atomic E-state index is 13.2. The highest BCUT2D eigenvalue weighted by Gasteiger charge is 2.34. The Hall–Kier alpha value is -2.49. The van der Waals surface area contributed by atoms with Gasteiger partial charge >= 0.3 is 12.1 Å². The number of hydrogen-bond acceptors (Lipinski definition) is 5. The van der Waals surface area contributed by atoms with Crippen LogP contribution in [0.2, 0.25) is 0 Å². The van der Waals surface area contributed by atoms with Crippen LogP contribution in [0, 0.1) is 5.82 Å². The third kappa shape index (κ3) is 4.99. The number of aromatic nitrogens is 1. The minimum absolute atomic E-state index is 0.0883. The zero-order chi connectivity index (χ0) is 18.6. The van der Waals surface area contributed by atoms with Crippen molar-refractivity contribution < 1.29 is 31.9 Å². The Kier molecular flexibility index (Phi) is 5.73. The number of alkyl halides is 3. The molecule has 0 aliphatic carbocycles. The number of carbonyl (C=O) groups is 2. The summed E-state index contributed by atoms with van der Waals surface area (Å²) in [6, 6.07) is 1.94. The number of anilines is 1. The van der Waals surface area contributed by atoms with E-state index in [0.717, 1.165) is 17.4 Å². The van der Waals surface area contributed by atoms with Gasteiger partial charge in [0, 0.05) is 10.9 Å². The van der Waals surface area contributed by atoms with E-state index in [-0.39, 0.29) is 23.7 Å². The fourth-order valence-corrected chi connectivity index (χ4v) is 2.56. The molecule has 0 saturated carbocycles. The van der Waals surface area contributed by atoms with Gasteiger partial charge in [-0.25, -0.2) is 9.37 Å². The maximum atomic E-state index is 13.2. The van der Waals surface area contributed by atoms with Crippen LogP contribution in [0.25, 0.3) is 0 Å². The van der Waals surface area contributed by atoms with E-state index in [4.69, 9.17) is 4.74 Å². The Balaban J connectivity index is 2.10. The van der Waals surface area contributed by atoms with Crippen molar-refractivity contribution in [2.75, 3.05) is 11.9 Å². The van der Waals surface area contributed by atoms with Crippen molar-refractivity contribution in [1.82, 2.24) is 4.98 Å². The lowest BCUT2D eigenvalue weighted by molar-refractivity contribution is -0.142. The molecule has 1 amide bonds. The number of ether oxygens (including phenoxy) is 1. The van der Waals surface area contributed by atoms with Crippen molar-refractivity contribution in [1.29, 1.82) is 0 Å². The number of amides is 1. The average molecular weight is 376 g/mol. The van der Waals surface area contributed by atoms with Gasteiger partial charge in [0.05, 0.1) is 24.3 Å². The predicted molar refractivity (Wildman–Crippen MR) is 81.8 cm³/mol. The minimum atomic E-state index is -4.91. The summed E-state index contributed by atoms with van der Waals surface area (Å²) in [4.78, 5) is 27.3. The van der Waals surface area contributed by atoms with Gasteiger partial charge in [0.2, 0.25) is 0 Å². The summed E-state index contributed by atoms with van der Waals surface area (Å²) in [5.74, 6) is -2.82. The molecule has 1 aromatic carbocycles. The zero-order valence-corrected chi connectivity index (χ0v) is 13.6. The highest BCUT2D eigenvalue weighted by atomic mass is 32.1. The third-order valence-corrected chi connectivity index (χ3v) is 3.74. The second kappa shape index (κ2) is 7.60. The van der Waals surface area contributed by atoms with Crippen molar-refractivity contribution in [3.8, 4) is 0 Å². The van der Waals surface area contributed by atoms with Gasteiger partial charge in [-0.15, -0.1) is 11.3 Å². The molecule has 0 aliphatic heterocycles. The molecule has 0 aliphatic rings. The molecule has 0 fully saturated rings. The largest absolute Gasteiger partial charge is 0.466 e. The van der Waals surface area contributed by atoms with Crippen molar-refractivity contribution >= 4 is 28.3 Å². The Morgan fingerprint density at radius 1 is 1.32 bits per heavy atom. The molecule has 1 heterocycles. The Labute approximate surface area is 143 Å². The number of thiazole rings is 1. The van der Waals surface area contributed by atoms with Crippen LogP contribution >= 0.6 is 11.3 Å². The van der Waals surface area contributed by atoms with Crippen LogP contribution in [0.5, 0.6) is 0 Å². The molecule has 0 unspecified atom stereocenters. The van der Waals surface area contributed by atoms with Crippen molar-refractivity contribution in [3.05, 3.63) is 46.2 Å². The van der Waals surface area contributed by atoms with Crippen LogP contribution in [0.1, 0.15) is 28.5 Å². The van der Waals surface area contributed by atoms with Crippen molar-refractivity contribution in [3.63, 3.8) is 0 Å². The lowest BCUT2D eigenvalue weighted by Crippen LogP contribution is -2.15. The standard InChI is InChI=1S/C15H12F4N2O3S/c1-2-24-12(22)6-9-7-25-14(20-9)21-13(23)8-3-4-11(16)10(5-8)15(17,18)19/h3-5,7H,2,6H2,1H3,(H,20,21,23). The lowest BCUT2D eigenvalue weighted by atomic mass is 10.1. The molecule has 0 bridgehead atoms. The maximum Gasteiger partial charge on any atom is 0.419 e. The van der Waals surface area contributed by atoms with E-state index in [1.165, 1.54) is 5.38 Å². The van der Waals surface area contributed by atoms with Gasteiger partial charge in [0.15, 0.2) is 5.13 Å². The molecule has 0 saturated heterocycles. The van der Waals surface area contributed by atoms with Gasteiger partial charge in [-0.2, -0.15) is 13.2 Å². The van der Waals surface area contributed by atoms with E-state index in [0.29, 0.717) is 17.8 Å². The quantitative estimate of drug-likeness (QED) is 0.639. The number of esters is 1. The normalized spacial score (nSPS) is 11.2. The predicted octanol–water partition coefficient (Wildman–Crippen LogP) is 3.66. The van der Waals surface area contributed by atoms with Crippen molar-refractivity contribution in [2.45, 2.75) is 19.5 Å². The van der Waals surface area contributed by atoms with Crippen LogP contribution < -0.4 is 5.32 Å². The second-order valence-corrected chi connectivity index (χ2v) is 5.63. The number of hydrogen-bond donors (Lipinski definition) is 1. The molecule has 2 aromatic rings. The first-order valence-electron chi connectivity index (χ1n) is 6.98. The molecule has 0 atom stereocenters. The zero-order valence-electron chi connectivity index (χ0n) is 12.8. The highest BCUT2D eigenvalue weighted by molar-refractivity contribution is 7.14. The summed E-state index contributed by atoms with van der Waals surface area (Å²) < 4.78 is 56.0. The van der Waals surface area contributed by atoms with E-state index < -0.39 is 29.4 Å². The SMILES string of the molecule is CCOC(=O)Cc1csc(NC(=O)c2ccc(F)c(C(F)(F)F)c2)n1. The number of carbonyl (C=O) groups excluding carboxylic acids is 2. The third-order valence-electron chi connectivity index (χ3n) is 2.94. The van der Waals surface area contributed by atoms with Crippen molar-refractivity contribution in [2.24, 2.45) is 0 Å². The van der Waals surface area contributed by atoms with Crippen LogP contribution in [0.3, 0.4) is 0 Å². The minimum Gasteiger partial charge on any atom is -0.466 e. The molecule has 2 rings (SSSR count). The Bertz CT molecular complexity index is 789. The molecule has 5 nitrogen and oxygen atoms in total. The summed E-state index contributed by atoms with van der Waals surface area (Å²) in [6.07, 6.45) is -5.00. The number of rotatable bonds is 5. The van der Waals surface area contributed by atoms with Gasteiger partial charge in [-0.1, -0.05) is 0 Å². The van der Waals surface area contributed by atoms with Crippen LogP contribution in [-0.2, 0) is 22.1 Å². The Morgan fingerprint density at radius 3 is 2.68 bits per heavy atom. The smallest absolute Gasteiger partial charge is 0.419 e. The summed E-state index contributed by atoms with van der Waals surface area (Å²) >= 11 is 0.998. The molecular formula is C15H12F4N2O3S. The molecule has 0 spiro atoms. The number of halogens is 4.